The van der Waals surface area contributed by atoms with Gasteiger partial charge in [-0.2, -0.15) is 0 Å². The number of anilines is 1. The van der Waals surface area contributed by atoms with Crippen molar-refractivity contribution in [1.29, 1.82) is 0 Å². The molecule has 0 bridgehead atoms. The minimum absolute atomic E-state index is 0.0845. The summed E-state index contributed by atoms with van der Waals surface area (Å²) in [6, 6.07) is 15.9. The van der Waals surface area contributed by atoms with E-state index in [0.29, 0.717) is 29.9 Å². The Kier molecular flexibility index (Phi) is 5.20. The summed E-state index contributed by atoms with van der Waals surface area (Å²) in [6.45, 7) is 1.48. The molecule has 0 spiro atoms. The fraction of sp³-hybridized carbons (Fsp3) is 0.211. The highest BCUT2D eigenvalue weighted by atomic mass is 16.2. The second kappa shape index (κ2) is 7.72. The second-order valence-electron chi connectivity index (χ2n) is 5.85. The normalized spacial score (nSPS) is 14.6. The van der Waals surface area contributed by atoms with E-state index in [4.69, 9.17) is 0 Å². The van der Waals surface area contributed by atoms with Gasteiger partial charge in [-0.3, -0.25) is 19.3 Å². The summed E-state index contributed by atoms with van der Waals surface area (Å²) in [4.78, 5) is 38.1. The molecule has 0 aliphatic carbocycles. The number of amides is 2. The molecule has 2 amide bonds. The van der Waals surface area contributed by atoms with Crippen LogP contribution in [0.2, 0.25) is 0 Å². The number of para-hydroxylation sites is 1. The minimum Gasteiger partial charge on any atom is -0.354 e. The Hall–Kier alpha value is -2.99. The molecule has 1 heterocycles. The van der Waals surface area contributed by atoms with E-state index in [9.17, 15) is 14.4 Å². The van der Waals surface area contributed by atoms with Crippen molar-refractivity contribution in [3.05, 3.63) is 65.7 Å². The predicted molar refractivity (Wildman–Crippen MR) is 94.4 cm³/mol. The molecule has 0 aromatic heterocycles. The molecular weight excluding hydrogens is 318 g/mol. The molecule has 2 aromatic rings. The van der Waals surface area contributed by atoms with Crippen LogP contribution in [0.5, 0.6) is 0 Å². The van der Waals surface area contributed by atoms with Crippen LogP contribution in [0.25, 0.3) is 0 Å². The first-order chi connectivity index (χ1) is 12.1. The standard InChI is InChI=1S/C19H19N3O3/c23-17-12-22(11-10-20-17)13-18(24)21-16-9-5-4-8-15(16)19(25)14-6-2-1-3-7-14/h1-9H,10-13H2,(H,20,23)(H,21,24). The molecule has 6 heteroatoms. The molecule has 3 rings (SSSR count). The number of carbonyl (C=O) groups is 3. The summed E-state index contributed by atoms with van der Waals surface area (Å²) >= 11 is 0. The lowest BCUT2D eigenvalue weighted by atomic mass is 10.0. The minimum atomic E-state index is -0.247. The number of carbonyl (C=O) groups excluding carboxylic acids is 3. The Balaban J connectivity index is 1.71. The summed E-state index contributed by atoms with van der Waals surface area (Å²) < 4.78 is 0. The number of benzene rings is 2. The smallest absolute Gasteiger partial charge is 0.238 e. The van der Waals surface area contributed by atoms with E-state index < -0.39 is 0 Å². The van der Waals surface area contributed by atoms with Crippen molar-refractivity contribution in [3.63, 3.8) is 0 Å². The maximum absolute atomic E-state index is 12.7. The molecule has 1 aliphatic rings. The number of hydrogen-bond donors (Lipinski definition) is 2. The predicted octanol–water partition coefficient (Wildman–Crippen LogP) is 1.29. The van der Waals surface area contributed by atoms with Crippen LogP contribution in [-0.2, 0) is 9.59 Å². The van der Waals surface area contributed by atoms with Crippen LogP contribution in [0.4, 0.5) is 5.69 Å². The van der Waals surface area contributed by atoms with E-state index in [1.165, 1.54) is 0 Å². The number of nitrogens with one attached hydrogen (secondary N) is 2. The lowest BCUT2D eigenvalue weighted by Crippen LogP contribution is -2.49. The summed E-state index contributed by atoms with van der Waals surface area (Å²) in [6.07, 6.45) is 0. The molecule has 25 heavy (non-hydrogen) atoms. The van der Waals surface area contributed by atoms with Crippen molar-refractivity contribution in [2.75, 3.05) is 31.5 Å². The van der Waals surface area contributed by atoms with Crippen LogP contribution in [0.1, 0.15) is 15.9 Å². The Morgan fingerprint density at radius 1 is 1.04 bits per heavy atom. The fourth-order valence-electron chi connectivity index (χ4n) is 2.75. The summed E-state index contributed by atoms with van der Waals surface area (Å²) in [7, 11) is 0. The van der Waals surface area contributed by atoms with Gasteiger partial charge in [0.05, 0.1) is 18.8 Å². The van der Waals surface area contributed by atoms with Crippen molar-refractivity contribution >= 4 is 23.3 Å². The Labute approximate surface area is 145 Å². The average Bonchev–Trinajstić information content (AvgIpc) is 2.62. The highest BCUT2D eigenvalue weighted by molar-refractivity contribution is 6.13. The van der Waals surface area contributed by atoms with Gasteiger partial charge >= 0.3 is 0 Å². The molecule has 0 radical (unpaired) electrons. The largest absolute Gasteiger partial charge is 0.354 e. The van der Waals surface area contributed by atoms with Gasteiger partial charge in [-0.25, -0.2) is 0 Å². The van der Waals surface area contributed by atoms with E-state index in [1.54, 1.807) is 53.4 Å². The Morgan fingerprint density at radius 2 is 1.76 bits per heavy atom. The molecule has 1 fully saturated rings. The van der Waals surface area contributed by atoms with Crippen molar-refractivity contribution in [1.82, 2.24) is 10.2 Å². The van der Waals surface area contributed by atoms with Crippen molar-refractivity contribution in [3.8, 4) is 0 Å². The topological polar surface area (TPSA) is 78.5 Å². The van der Waals surface area contributed by atoms with Gasteiger partial charge in [0, 0.05) is 24.2 Å². The van der Waals surface area contributed by atoms with Crippen LogP contribution in [-0.4, -0.2) is 48.7 Å². The molecule has 1 aliphatic heterocycles. The van der Waals surface area contributed by atoms with Crippen LogP contribution in [0.15, 0.2) is 54.6 Å². The molecule has 0 unspecified atom stereocenters. The van der Waals surface area contributed by atoms with Crippen molar-refractivity contribution in [2.45, 2.75) is 0 Å². The molecule has 0 saturated carbocycles. The molecular formula is C19H19N3O3. The first-order valence-corrected chi connectivity index (χ1v) is 8.11. The van der Waals surface area contributed by atoms with E-state index in [1.807, 2.05) is 6.07 Å². The maximum Gasteiger partial charge on any atom is 0.238 e. The molecule has 0 atom stereocenters. The van der Waals surface area contributed by atoms with E-state index in [2.05, 4.69) is 10.6 Å². The quantitative estimate of drug-likeness (QED) is 0.806. The van der Waals surface area contributed by atoms with Gasteiger partial charge in [0.2, 0.25) is 11.8 Å². The van der Waals surface area contributed by atoms with Gasteiger partial charge in [0.25, 0.3) is 0 Å². The molecule has 2 aromatic carbocycles. The van der Waals surface area contributed by atoms with Gasteiger partial charge < -0.3 is 10.6 Å². The number of nitrogens with zero attached hydrogens (tertiary/aromatic N) is 1. The summed E-state index contributed by atoms with van der Waals surface area (Å²) in [5, 5.41) is 5.51. The zero-order valence-electron chi connectivity index (χ0n) is 13.7. The van der Waals surface area contributed by atoms with Crippen LogP contribution in [0, 0.1) is 0 Å². The van der Waals surface area contributed by atoms with Gasteiger partial charge in [-0.05, 0) is 12.1 Å². The summed E-state index contributed by atoms with van der Waals surface area (Å²) in [5.74, 6) is -0.476. The molecule has 128 valence electrons. The number of ketones is 1. The fourth-order valence-corrected chi connectivity index (χ4v) is 2.75. The lowest BCUT2D eigenvalue weighted by molar-refractivity contribution is -0.125. The third kappa shape index (κ3) is 4.30. The van der Waals surface area contributed by atoms with E-state index >= 15 is 0 Å². The third-order valence-corrected chi connectivity index (χ3v) is 3.97. The van der Waals surface area contributed by atoms with Gasteiger partial charge in [0.15, 0.2) is 5.78 Å². The molecule has 1 saturated heterocycles. The highest BCUT2D eigenvalue weighted by Gasteiger charge is 2.20. The third-order valence-electron chi connectivity index (χ3n) is 3.97. The average molecular weight is 337 g/mol. The SMILES string of the molecule is O=C1CN(CC(=O)Nc2ccccc2C(=O)c2ccccc2)CCN1. The molecule has 6 nitrogen and oxygen atoms in total. The Bertz CT molecular complexity index is 790. The van der Waals surface area contributed by atoms with Crippen LogP contribution < -0.4 is 10.6 Å². The maximum atomic E-state index is 12.7. The zero-order valence-corrected chi connectivity index (χ0v) is 13.7. The zero-order chi connectivity index (χ0) is 17.6. The van der Waals surface area contributed by atoms with Crippen molar-refractivity contribution in [2.24, 2.45) is 0 Å². The number of hydrogen-bond acceptors (Lipinski definition) is 4. The second-order valence-corrected chi connectivity index (χ2v) is 5.85. The molecule has 2 N–H and O–H groups in total. The Morgan fingerprint density at radius 3 is 2.52 bits per heavy atom. The van der Waals surface area contributed by atoms with Crippen LogP contribution >= 0.6 is 0 Å². The first-order valence-electron chi connectivity index (χ1n) is 8.11. The van der Waals surface area contributed by atoms with Crippen molar-refractivity contribution < 1.29 is 14.4 Å². The van der Waals surface area contributed by atoms with Crippen LogP contribution in [0.3, 0.4) is 0 Å². The van der Waals surface area contributed by atoms with Gasteiger partial charge in [-0.1, -0.05) is 42.5 Å². The van der Waals surface area contributed by atoms with Gasteiger partial charge in [0.1, 0.15) is 0 Å². The lowest BCUT2D eigenvalue weighted by Gasteiger charge is -2.25. The first kappa shape index (κ1) is 16.9. The highest BCUT2D eigenvalue weighted by Crippen LogP contribution is 2.19. The monoisotopic (exact) mass is 337 g/mol. The number of piperazine rings is 1. The summed E-state index contributed by atoms with van der Waals surface area (Å²) in [5.41, 5.74) is 1.48. The van der Waals surface area contributed by atoms with E-state index in [0.717, 1.165) is 0 Å². The van der Waals surface area contributed by atoms with E-state index in [-0.39, 0.29) is 30.7 Å². The van der Waals surface area contributed by atoms with Gasteiger partial charge in [-0.15, -0.1) is 0 Å². The number of rotatable bonds is 5.